The molecular weight excluding hydrogens is 381 g/mol. The van der Waals surface area contributed by atoms with Crippen molar-refractivity contribution in [1.29, 1.82) is 0 Å². The van der Waals surface area contributed by atoms with Gasteiger partial charge < -0.3 is 15.0 Å². The molecule has 3 heterocycles. The van der Waals surface area contributed by atoms with E-state index in [1.807, 2.05) is 11.0 Å². The molecule has 1 atom stereocenters. The van der Waals surface area contributed by atoms with Crippen LogP contribution in [0.1, 0.15) is 23.8 Å². The molecule has 0 saturated carbocycles. The maximum Gasteiger partial charge on any atom is 0.253 e. The van der Waals surface area contributed by atoms with Gasteiger partial charge in [-0.1, -0.05) is 12.1 Å². The van der Waals surface area contributed by atoms with Gasteiger partial charge in [-0.2, -0.15) is 0 Å². The van der Waals surface area contributed by atoms with Crippen LogP contribution < -0.4 is 5.32 Å². The number of hydrogen-bond acceptors (Lipinski definition) is 5. The Labute approximate surface area is 164 Å². The molecule has 2 saturated heterocycles. The molecule has 5 nitrogen and oxygen atoms in total. The van der Waals surface area contributed by atoms with Crippen LogP contribution in [-0.2, 0) is 9.53 Å². The first-order valence-electron chi connectivity index (χ1n) is 8.28. The molecule has 1 aromatic heterocycles. The van der Waals surface area contributed by atoms with Gasteiger partial charge in [0, 0.05) is 32.1 Å². The molecule has 2 aliphatic rings. The summed E-state index contributed by atoms with van der Waals surface area (Å²) >= 11 is 1.79. The van der Waals surface area contributed by atoms with Crippen molar-refractivity contribution >= 4 is 52.3 Å². The monoisotopic (exact) mass is 403 g/mol. The molecule has 2 fully saturated rings. The van der Waals surface area contributed by atoms with Crippen LogP contribution in [0.4, 0.5) is 0 Å². The lowest BCUT2D eigenvalue weighted by Crippen LogP contribution is -2.51. The summed E-state index contributed by atoms with van der Waals surface area (Å²) < 4.78 is 6.83. The van der Waals surface area contributed by atoms with Crippen molar-refractivity contribution < 1.29 is 9.53 Å². The number of morpholine rings is 1. The zero-order chi connectivity index (χ0) is 15.6. The standard InChI is InChI=1S/C17H21N3O2S.2ClH/c21-17(14-11-18-7-10-22-14)20-8-5-12(6-9-20)16-19-13-3-1-2-4-15(13)23-16;;/h1-4,12,14,18H,5-11H2;2*1H. The van der Waals surface area contributed by atoms with Gasteiger partial charge in [-0.05, 0) is 25.0 Å². The van der Waals surface area contributed by atoms with Crippen molar-refractivity contribution in [3.05, 3.63) is 29.3 Å². The smallest absolute Gasteiger partial charge is 0.253 e. The second-order valence-corrected chi connectivity index (χ2v) is 7.25. The number of rotatable bonds is 2. The van der Waals surface area contributed by atoms with Gasteiger partial charge in [-0.15, -0.1) is 36.2 Å². The van der Waals surface area contributed by atoms with E-state index in [0.29, 0.717) is 19.1 Å². The Hall–Kier alpha value is -0.920. The van der Waals surface area contributed by atoms with Gasteiger partial charge in [0.05, 0.1) is 21.8 Å². The van der Waals surface area contributed by atoms with Crippen molar-refractivity contribution in [1.82, 2.24) is 15.2 Å². The van der Waals surface area contributed by atoms with Crippen molar-refractivity contribution in [2.45, 2.75) is 24.9 Å². The molecule has 8 heteroatoms. The predicted octanol–water partition coefficient (Wildman–Crippen LogP) is 2.83. The summed E-state index contributed by atoms with van der Waals surface area (Å²) in [4.78, 5) is 19.2. The van der Waals surface area contributed by atoms with Crippen LogP contribution >= 0.6 is 36.2 Å². The van der Waals surface area contributed by atoms with E-state index >= 15 is 0 Å². The molecule has 1 unspecified atom stereocenters. The molecule has 0 bridgehead atoms. The van der Waals surface area contributed by atoms with Crippen LogP contribution in [0.3, 0.4) is 0 Å². The fourth-order valence-corrected chi connectivity index (χ4v) is 4.48. The number of fused-ring (bicyclic) bond motifs is 1. The van der Waals surface area contributed by atoms with Gasteiger partial charge in [0.15, 0.2) is 0 Å². The molecule has 1 aromatic carbocycles. The summed E-state index contributed by atoms with van der Waals surface area (Å²) in [5.74, 6) is 0.613. The highest BCUT2D eigenvalue weighted by Gasteiger charge is 2.31. The lowest BCUT2D eigenvalue weighted by Gasteiger charge is -2.34. The number of aromatic nitrogens is 1. The van der Waals surface area contributed by atoms with E-state index in [0.717, 1.165) is 38.0 Å². The Kier molecular flexibility index (Phi) is 7.46. The predicted molar refractivity (Wildman–Crippen MR) is 105 cm³/mol. The van der Waals surface area contributed by atoms with E-state index in [1.165, 1.54) is 9.71 Å². The average Bonchev–Trinajstić information content (AvgIpc) is 3.06. The van der Waals surface area contributed by atoms with E-state index in [9.17, 15) is 4.79 Å². The lowest BCUT2D eigenvalue weighted by molar-refractivity contribution is -0.146. The second kappa shape index (κ2) is 9.14. The van der Waals surface area contributed by atoms with Gasteiger partial charge in [-0.25, -0.2) is 4.98 Å². The normalized spacial score (nSPS) is 21.4. The number of thiazole rings is 1. The van der Waals surface area contributed by atoms with E-state index in [2.05, 4.69) is 23.5 Å². The fraction of sp³-hybridized carbons (Fsp3) is 0.529. The minimum absolute atomic E-state index is 0. The van der Waals surface area contributed by atoms with E-state index in [1.54, 1.807) is 11.3 Å². The third-order valence-corrected chi connectivity index (χ3v) is 5.87. The van der Waals surface area contributed by atoms with Gasteiger partial charge in [0.25, 0.3) is 5.91 Å². The number of ether oxygens (including phenoxy) is 1. The quantitative estimate of drug-likeness (QED) is 0.837. The second-order valence-electron chi connectivity index (χ2n) is 6.18. The SMILES string of the molecule is Cl.Cl.O=C(C1CNCCO1)N1CCC(c2nc3ccccc3s2)CC1. The van der Waals surface area contributed by atoms with E-state index in [4.69, 9.17) is 9.72 Å². The zero-order valence-corrected chi connectivity index (χ0v) is 16.3. The number of piperidine rings is 1. The first-order chi connectivity index (χ1) is 11.3. The number of carbonyl (C=O) groups excluding carboxylic acids is 1. The number of likely N-dealkylation sites (tertiary alicyclic amines) is 1. The number of nitrogens with zero attached hydrogens (tertiary/aromatic N) is 2. The minimum atomic E-state index is -0.303. The Morgan fingerprint density at radius 2 is 2.00 bits per heavy atom. The number of amides is 1. The number of benzene rings is 1. The average molecular weight is 404 g/mol. The third kappa shape index (κ3) is 4.44. The summed E-state index contributed by atoms with van der Waals surface area (Å²) in [5, 5.41) is 4.44. The molecule has 1 N–H and O–H groups in total. The summed E-state index contributed by atoms with van der Waals surface area (Å²) in [6.07, 6.45) is 1.68. The maximum absolute atomic E-state index is 12.5. The highest BCUT2D eigenvalue weighted by molar-refractivity contribution is 7.18. The van der Waals surface area contributed by atoms with Crippen LogP contribution in [0, 0.1) is 0 Å². The first kappa shape index (κ1) is 20.4. The van der Waals surface area contributed by atoms with Crippen LogP contribution in [0.15, 0.2) is 24.3 Å². The molecule has 0 aliphatic carbocycles. The number of para-hydroxylation sites is 1. The molecular formula is C17H23Cl2N3O2S. The lowest BCUT2D eigenvalue weighted by atomic mass is 9.97. The van der Waals surface area contributed by atoms with Gasteiger partial charge >= 0.3 is 0 Å². The maximum atomic E-state index is 12.5. The van der Waals surface area contributed by atoms with Gasteiger partial charge in [0.1, 0.15) is 6.10 Å². The number of halogens is 2. The Morgan fingerprint density at radius 3 is 2.68 bits per heavy atom. The van der Waals surface area contributed by atoms with Crippen LogP contribution in [0.25, 0.3) is 10.2 Å². The van der Waals surface area contributed by atoms with E-state index in [-0.39, 0.29) is 36.8 Å². The topological polar surface area (TPSA) is 54.5 Å². The Balaban J connectivity index is 0.00000113. The van der Waals surface area contributed by atoms with Crippen LogP contribution in [0.2, 0.25) is 0 Å². The summed E-state index contributed by atoms with van der Waals surface area (Å²) in [6, 6.07) is 8.29. The van der Waals surface area contributed by atoms with Crippen molar-refractivity contribution in [3.63, 3.8) is 0 Å². The molecule has 0 spiro atoms. The zero-order valence-electron chi connectivity index (χ0n) is 13.8. The summed E-state index contributed by atoms with van der Waals surface area (Å²) in [7, 11) is 0. The fourth-order valence-electron chi connectivity index (χ4n) is 3.34. The molecule has 2 aromatic rings. The number of hydrogen-bond donors (Lipinski definition) is 1. The third-order valence-electron chi connectivity index (χ3n) is 4.67. The van der Waals surface area contributed by atoms with Crippen molar-refractivity contribution in [2.75, 3.05) is 32.8 Å². The minimum Gasteiger partial charge on any atom is -0.366 e. The number of nitrogens with one attached hydrogen (secondary N) is 1. The summed E-state index contributed by atoms with van der Waals surface area (Å²) in [5.41, 5.74) is 1.09. The van der Waals surface area contributed by atoms with Crippen molar-refractivity contribution in [3.8, 4) is 0 Å². The van der Waals surface area contributed by atoms with Gasteiger partial charge in [-0.3, -0.25) is 4.79 Å². The van der Waals surface area contributed by atoms with Crippen LogP contribution in [-0.4, -0.2) is 54.7 Å². The van der Waals surface area contributed by atoms with Crippen LogP contribution in [0.5, 0.6) is 0 Å². The van der Waals surface area contributed by atoms with Crippen molar-refractivity contribution in [2.24, 2.45) is 0 Å². The Morgan fingerprint density at radius 1 is 1.24 bits per heavy atom. The van der Waals surface area contributed by atoms with Gasteiger partial charge in [0.2, 0.25) is 0 Å². The Bertz CT molecular complexity index is 665. The molecule has 25 heavy (non-hydrogen) atoms. The molecule has 0 radical (unpaired) electrons. The first-order valence-corrected chi connectivity index (χ1v) is 9.09. The van der Waals surface area contributed by atoms with E-state index < -0.39 is 0 Å². The number of carbonyl (C=O) groups is 1. The largest absolute Gasteiger partial charge is 0.366 e. The molecule has 2 aliphatic heterocycles. The molecule has 138 valence electrons. The molecule has 4 rings (SSSR count). The highest BCUT2D eigenvalue weighted by atomic mass is 35.5. The highest BCUT2D eigenvalue weighted by Crippen LogP contribution is 2.33. The summed E-state index contributed by atoms with van der Waals surface area (Å²) in [6.45, 7) is 3.71. The molecule has 1 amide bonds.